The van der Waals surface area contributed by atoms with E-state index in [1.165, 1.54) is 0 Å². The van der Waals surface area contributed by atoms with Crippen LogP contribution < -0.4 is 4.74 Å². The van der Waals surface area contributed by atoms with Crippen LogP contribution in [0.5, 0.6) is 5.75 Å². The maximum Gasteiger partial charge on any atom is 0.200 e. The highest BCUT2D eigenvalue weighted by Gasteiger charge is 2.29. The SMILES string of the molecule is CCC1CCC(c2ccc(OCC3CC3)c(F)c2F)C1. The van der Waals surface area contributed by atoms with Crippen LogP contribution in [-0.2, 0) is 0 Å². The van der Waals surface area contributed by atoms with Gasteiger partial charge in [-0.1, -0.05) is 19.4 Å². The Morgan fingerprint density at radius 2 is 1.80 bits per heavy atom. The molecule has 0 N–H and O–H groups in total. The standard InChI is InChI=1S/C17H22F2O/c1-2-11-5-6-13(9-11)14-7-8-15(17(19)16(14)18)20-10-12-3-4-12/h7-8,11-13H,2-6,9-10H2,1H3. The average molecular weight is 280 g/mol. The van der Waals surface area contributed by atoms with Crippen molar-refractivity contribution in [2.24, 2.45) is 11.8 Å². The molecule has 110 valence electrons. The molecule has 2 aliphatic carbocycles. The Morgan fingerprint density at radius 1 is 1.05 bits per heavy atom. The van der Waals surface area contributed by atoms with Crippen LogP contribution in [0.25, 0.3) is 0 Å². The predicted octanol–water partition coefficient (Wildman–Crippen LogP) is 5.05. The van der Waals surface area contributed by atoms with Crippen LogP contribution in [0.3, 0.4) is 0 Å². The fourth-order valence-electron chi connectivity index (χ4n) is 3.19. The van der Waals surface area contributed by atoms with E-state index in [1.54, 1.807) is 12.1 Å². The molecule has 0 saturated heterocycles. The molecule has 0 aliphatic heterocycles. The lowest BCUT2D eigenvalue weighted by molar-refractivity contribution is 0.279. The second-order valence-electron chi connectivity index (χ2n) is 6.32. The van der Waals surface area contributed by atoms with Gasteiger partial charge in [-0.25, -0.2) is 4.39 Å². The molecule has 1 aromatic rings. The van der Waals surface area contributed by atoms with Gasteiger partial charge < -0.3 is 4.74 Å². The second kappa shape index (κ2) is 5.71. The van der Waals surface area contributed by atoms with E-state index in [0.717, 1.165) is 38.5 Å². The Hall–Kier alpha value is -1.12. The molecular weight excluding hydrogens is 258 g/mol. The monoisotopic (exact) mass is 280 g/mol. The highest BCUT2D eigenvalue weighted by Crippen LogP contribution is 2.42. The molecule has 2 saturated carbocycles. The van der Waals surface area contributed by atoms with Crippen molar-refractivity contribution >= 4 is 0 Å². The van der Waals surface area contributed by atoms with Gasteiger partial charge in [0.05, 0.1) is 6.61 Å². The van der Waals surface area contributed by atoms with Crippen LogP contribution in [-0.4, -0.2) is 6.61 Å². The Labute approximate surface area is 119 Å². The molecule has 0 radical (unpaired) electrons. The van der Waals surface area contributed by atoms with Gasteiger partial charge in [0.2, 0.25) is 5.82 Å². The zero-order valence-electron chi connectivity index (χ0n) is 12.0. The molecule has 3 heteroatoms. The van der Waals surface area contributed by atoms with Gasteiger partial charge >= 0.3 is 0 Å². The molecule has 2 atom stereocenters. The van der Waals surface area contributed by atoms with Crippen molar-refractivity contribution in [1.82, 2.24) is 0 Å². The first kappa shape index (κ1) is 13.8. The highest BCUT2D eigenvalue weighted by atomic mass is 19.2. The van der Waals surface area contributed by atoms with Crippen LogP contribution >= 0.6 is 0 Å². The van der Waals surface area contributed by atoms with E-state index >= 15 is 0 Å². The first-order valence-electron chi connectivity index (χ1n) is 7.79. The van der Waals surface area contributed by atoms with Crippen molar-refractivity contribution in [1.29, 1.82) is 0 Å². The van der Waals surface area contributed by atoms with E-state index in [2.05, 4.69) is 6.92 Å². The third-order valence-corrected chi connectivity index (χ3v) is 4.81. The number of hydrogen-bond acceptors (Lipinski definition) is 1. The molecule has 0 bridgehead atoms. The fraction of sp³-hybridized carbons (Fsp3) is 0.647. The summed E-state index contributed by atoms with van der Waals surface area (Å²) in [5, 5.41) is 0. The molecule has 2 unspecified atom stereocenters. The van der Waals surface area contributed by atoms with Gasteiger partial charge in [-0.3, -0.25) is 0 Å². The molecule has 2 aliphatic rings. The topological polar surface area (TPSA) is 9.23 Å². The summed E-state index contributed by atoms with van der Waals surface area (Å²) in [7, 11) is 0. The first-order valence-corrected chi connectivity index (χ1v) is 7.79. The zero-order chi connectivity index (χ0) is 14.1. The Morgan fingerprint density at radius 3 is 2.45 bits per heavy atom. The van der Waals surface area contributed by atoms with E-state index in [4.69, 9.17) is 4.74 Å². The fourth-order valence-corrected chi connectivity index (χ4v) is 3.19. The van der Waals surface area contributed by atoms with Crippen LogP contribution in [0.4, 0.5) is 8.78 Å². The van der Waals surface area contributed by atoms with Gasteiger partial charge in [0.1, 0.15) is 0 Å². The van der Waals surface area contributed by atoms with Crippen molar-refractivity contribution in [2.75, 3.05) is 6.61 Å². The molecule has 0 aromatic heterocycles. The second-order valence-corrected chi connectivity index (χ2v) is 6.32. The predicted molar refractivity (Wildman–Crippen MR) is 75.0 cm³/mol. The molecule has 20 heavy (non-hydrogen) atoms. The van der Waals surface area contributed by atoms with Gasteiger partial charge in [-0.2, -0.15) is 4.39 Å². The molecule has 3 rings (SSSR count). The summed E-state index contributed by atoms with van der Waals surface area (Å²) in [6, 6.07) is 3.33. The van der Waals surface area contributed by atoms with E-state index in [1.807, 2.05) is 0 Å². The highest BCUT2D eigenvalue weighted by molar-refractivity contribution is 5.33. The average Bonchev–Trinajstić information content (AvgIpc) is 3.16. The lowest BCUT2D eigenvalue weighted by Gasteiger charge is -2.14. The van der Waals surface area contributed by atoms with Crippen LogP contribution in [0.15, 0.2) is 12.1 Å². The minimum Gasteiger partial charge on any atom is -0.490 e. The lowest BCUT2D eigenvalue weighted by Crippen LogP contribution is -2.05. The van der Waals surface area contributed by atoms with Crippen LogP contribution in [0, 0.1) is 23.5 Å². The molecule has 2 fully saturated rings. The van der Waals surface area contributed by atoms with Gasteiger partial charge in [0.15, 0.2) is 11.6 Å². The quantitative estimate of drug-likeness (QED) is 0.733. The first-order chi connectivity index (χ1) is 9.69. The smallest absolute Gasteiger partial charge is 0.200 e. The van der Waals surface area contributed by atoms with Crippen LogP contribution in [0.1, 0.15) is 56.9 Å². The number of hydrogen-bond donors (Lipinski definition) is 0. The number of rotatable bonds is 5. The maximum atomic E-state index is 14.2. The molecule has 0 heterocycles. The molecule has 0 spiro atoms. The normalized spacial score (nSPS) is 25.9. The van der Waals surface area contributed by atoms with Crippen molar-refractivity contribution in [3.63, 3.8) is 0 Å². The van der Waals surface area contributed by atoms with E-state index in [0.29, 0.717) is 24.0 Å². The van der Waals surface area contributed by atoms with Crippen LogP contribution in [0.2, 0.25) is 0 Å². The van der Waals surface area contributed by atoms with Crippen molar-refractivity contribution in [3.8, 4) is 5.75 Å². The van der Waals surface area contributed by atoms with Crippen molar-refractivity contribution in [2.45, 2.75) is 51.4 Å². The molecule has 1 nitrogen and oxygen atoms in total. The molecule has 0 amide bonds. The summed E-state index contributed by atoms with van der Waals surface area (Å²) in [5.74, 6) is -0.0520. The summed E-state index contributed by atoms with van der Waals surface area (Å²) in [6.07, 6.45) is 6.49. The zero-order valence-corrected chi connectivity index (χ0v) is 12.0. The maximum absolute atomic E-state index is 14.2. The summed E-state index contributed by atoms with van der Waals surface area (Å²) in [5.41, 5.74) is 0.539. The Kier molecular flexibility index (Phi) is 3.95. The van der Waals surface area contributed by atoms with Gasteiger partial charge in [-0.15, -0.1) is 0 Å². The van der Waals surface area contributed by atoms with Gasteiger partial charge in [0.25, 0.3) is 0 Å². The summed E-state index contributed by atoms with van der Waals surface area (Å²) < 4.78 is 33.7. The minimum atomic E-state index is -0.803. The summed E-state index contributed by atoms with van der Waals surface area (Å²) in [6.45, 7) is 2.68. The Balaban J connectivity index is 1.73. The third-order valence-electron chi connectivity index (χ3n) is 4.81. The van der Waals surface area contributed by atoms with Gasteiger partial charge in [0, 0.05) is 0 Å². The van der Waals surface area contributed by atoms with Crippen molar-refractivity contribution < 1.29 is 13.5 Å². The molecular formula is C17H22F2O. The van der Waals surface area contributed by atoms with Gasteiger partial charge in [-0.05, 0) is 61.5 Å². The number of halogens is 2. The lowest BCUT2D eigenvalue weighted by atomic mass is 9.95. The summed E-state index contributed by atoms with van der Waals surface area (Å²) >= 11 is 0. The summed E-state index contributed by atoms with van der Waals surface area (Å²) in [4.78, 5) is 0. The third kappa shape index (κ3) is 2.82. The molecule has 1 aromatic carbocycles. The minimum absolute atomic E-state index is 0.0724. The van der Waals surface area contributed by atoms with E-state index in [-0.39, 0.29) is 11.7 Å². The van der Waals surface area contributed by atoms with E-state index in [9.17, 15) is 8.78 Å². The largest absolute Gasteiger partial charge is 0.490 e. The number of ether oxygens (including phenoxy) is 1. The Bertz CT molecular complexity index is 482. The van der Waals surface area contributed by atoms with Crippen molar-refractivity contribution in [3.05, 3.63) is 29.3 Å². The number of benzene rings is 1. The van der Waals surface area contributed by atoms with E-state index < -0.39 is 11.6 Å².